The molecule has 4 rings (SSSR count). The molecule has 8 heteroatoms. The molecule has 0 saturated carbocycles. The van der Waals surface area contributed by atoms with Gasteiger partial charge in [0.1, 0.15) is 6.07 Å². The van der Waals surface area contributed by atoms with E-state index in [1.54, 1.807) is 26.4 Å². The van der Waals surface area contributed by atoms with Gasteiger partial charge >= 0.3 is 4.87 Å². The topological polar surface area (TPSA) is 100 Å². The van der Waals surface area contributed by atoms with Crippen molar-refractivity contribution in [3.05, 3.63) is 51.8 Å². The van der Waals surface area contributed by atoms with Crippen molar-refractivity contribution in [2.75, 3.05) is 19.5 Å². The lowest BCUT2D eigenvalue weighted by molar-refractivity contribution is 0.356. The van der Waals surface area contributed by atoms with Crippen LogP contribution in [0.3, 0.4) is 0 Å². The van der Waals surface area contributed by atoms with Gasteiger partial charge in [-0.15, -0.1) is 0 Å². The molecule has 2 aromatic heterocycles. The molecule has 27 heavy (non-hydrogen) atoms. The number of ether oxygens (including phenoxy) is 2. The number of nitrogens with zero attached hydrogens (tertiary/aromatic N) is 2. The number of aromatic amines is 1. The Morgan fingerprint density at radius 3 is 2.70 bits per heavy atom. The monoisotopic (exact) mass is 378 g/mol. The average Bonchev–Trinajstić information content (AvgIpc) is 3.06. The van der Waals surface area contributed by atoms with Gasteiger partial charge in [0.25, 0.3) is 0 Å². The average molecular weight is 378 g/mol. The number of nitrogens with one attached hydrogen (secondary N) is 2. The number of aromatic nitrogens is 2. The maximum absolute atomic E-state index is 11.5. The molecule has 0 fully saturated rings. The highest BCUT2D eigenvalue weighted by atomic mass is 32.1. The maximum atomic E-state index is 11.5. The number of benzene rings is 2. The van der Waals surface area contributed by atoms with E-state index in [-0.39, 0.29) is 4.87 Å². The molecule has 0 bridgehead atoms. The van der Waals surface area contributed by atoms with Crippen molar-refractivity contribution in [2.24, 2.45) is 0 Å². The summed E-state index contributed by atoms with van der Waals surface area (Å²) in [5.74, 6) is 1.11. The maximum Gasteiger partial charge on any atom is 0.305 e. The minimum Gasteiger partial charge on any atom is -0.493 e. The lowest BCUT2D eigenvalue weighted by Gasteiger charge is -2.14. The van der Waals surface area contributed by atoms with Crippen molar-refractivity contribution in [2.45, 2.75) is 0 Å². The first-order valence-electron chi connectivity index (χ1n) is 7.97. The van der Waals surface area contributed by atoms with E-state index < -0.39 is 0 Å². The number of methoxy groups -OCH3 is 2. The predicted molar refractivity (Wildman–Crippen MR) is 105 cm³/mol. The summed E-state index contributed by atoms with van der Waals surface area (Å²) in [6.07, 6.45) is 1.52. The van der Waals surface area contributed by atoms with Crippen LogP contribution in [0.4, 0.5) is 11.4 Å². The first-order valence-corrected chi connectivity index (χ1v) is 8.79. The second kappa shape index (κ2) is 6.63. The third-order valence-electron chi connectivity index (χ3n) is 4.18. The highest BCUT2D eigenvalue weighted by Gasteiger charge is 2.14. The minimum atomic E-state index is -0.106. The zero-order chi connectivity index (χ0) is 19.0. The van der Waals surface area contributed by atoms with Crippen LogP contribution >= 0.6 is 11.3 Å². The highest BCUT2D eigenvalue weighted by molar-refractivity contribution is 7.16. The van der Waals surface area contributed by atoms with Crippen molar-refractivity contribution in [1.82, 2.24) is 9.97 Å². The zero-order valence-electron chi connectivity index (χ0n) is 14.5. The molecule has 0 unspecified atom stereocenters. The third kappa shape index (κ3) is 2.94. The van der Waals surface area contributed by atoms with Gasteiger partial charge in [-0.1, -0.05) is 11.3 Å². The van der Waals surface area contributed by atoms with Crippen LogP contribution in [0.2, 0.25) is 0 Å². The largest absolute Gasteiger partial charge is 0.493 e. The lowest BCUT2D eigenvalue weighted by atomic mass is 10.1. The molecule has 0 atom stereocenters. The van der Waals surface area contributed by atoms with Gasteiger partial charge in [-0.3, -0.25) is 9.78 Å². The van der Waals surface area contributed by atoms with E-state index in [9.17, 15) is 10.1 Å². The first-order chi connectivity index (χ1) is 13.1. The van der Waals surface area contributed by atoms with Crippen LogP contribution in [-0.2, 0) is 0 Å². The van der Waals surface area contributed by atoms with Gasteiger partial charge in [-0.2, -0.15) is 5.26 Å². The standard InChI is InChI=1S/C19H14N4O3S/c1-25-15-6-12-14(7-16(15)26-2)21-9-10(8-20)18(12)22-11-3-4-13-17(5-11)27-19(24)23-13/h3-7,9H,1-2H3,(H,21,22)(H,23,24). The quantitative estimate of drug-likeness (QED) is 0.561. The highest BCUT2D eigenvalue weighted by Crippen LogP contribution is 2.37. The van der Waals surface area contributed by atoms with Crippen LogP contribution < -0.4 is 19.7 Å². The number of anilines is 2. The van der Waals surface area contributed by atoms with Crippen LogP contribution in [0.25, 0.3) is 21.1 Å². The molecular formula is C19H14N4O3S. The van der Waals surface area contributed by atoms with Gasteiger partial charge < -0.3 is 19.8 Å². The van der Waals surface area contributed by atoms with Crippen molar-refractivity contribution in [1.29, 1.82) is 5.26 Å². The number of nitriles is 1. The number of hydrogen-bond acceptors (Lipinski definition) is 7. The Morgan fingerprint density at radius 2 is 1.96 bits per heavy atom. The minimum absolute atomic E-state index is 0.106. The smallest absolute Gasteiger partial charge is 0.305 e. The van der Waals surface area contributed by atoms with Gasteiger partial charge in [-0.05, 0) is 24.3 Å². The number of H-pyrrole nitrogens is 1. The molecule has 2 heterocycles. The molecule has 7 nitrogen and oxygen atoms in total. The SMILES string of the molecule is COc1cc2ncc(C#N)c(Nc3ccc4[nH]c(=O)sc4c3)c2cc1OC. The number of fused-ring (bicyclic) bond motifs is 2. The summed E-state index contributed by atoms with van der Waals surface area (Å²) in [4.78, 5) is 18.5. The summed E-state index contributed by atoms with van der Waals surface area (Å²) in [5, 5.41) is 13.5. The van der Waals surface area contributed by atoms with E-state index in [4.69, 9.17) is 9.47 Å². The molecule has 0 aliphatic rings. The van der Waals surface area contributed by atoms with Gasteiger partial charge in [0, 0.05) is 23.3 Å². The molecule has 2 aromatic carbocycles. The molecule has 2 N–H and O–H groups in total. The molecule has 4 aromatic rings. The fourth-order valence-corrected chi connectivity index (χ4v) is 3.68. The van der Waals surface area contributed by atoms with Gasteiger partial charge in [-0.25, -0.2) is 0 Å². The molecule has 0 saturated heterocycles. The molecule has 0 aliphatic carbocycles. The van der Waals surface area contributed by atoms with E-state index in [1.807, 2.05) is 18.2 Å². The summed E-state index contributed by atoms with van der Waals surface area (Å²) in [6, 6.07) is 11.3. The van der Waals surface area contributed by atoms with Crippen LogP contribution in [0.5, 0.6) is 11.5 Å². The van der Waals surface area contributed by atoms with Gasteiger partial charge in [0.05, 0.1) is 41.2 Å². The van der Waals surface area contributed by atoms with Crippen molar-refractivity contribution in [3.63, 3.8) is 0 Å². The Labute approximate surface area is 157 Å². The second-order valence-corrected chi connectivity index (χ2v) is 6.75. The summed E-state index contributed by atoms with van der Waals surface area (Å²) >= 11 is 1.14. The fourth-order valence-electron chi connectivity index (χ4n) is 2.91. The summed E-state index contributed by atoms with van der Waals surface area (Å²) in [5.41, 5.74) is 3.22. The van der Waals surface area contributed by atoms with Crippen molar-refractivity contribution < 1.29 is 9.47 Å². The normalized spacial score (nSPS) is 10.7. The number of thiazole rings is 1. The Bertz CT molecular complexity index is 1270. The van der Waals surface area contributed by atoms with Crippen LogP contribution in [-0.4, -0.2) is 24.2 Å². The van der Waals surface area contributed by atoms with Crippen LogP contribution in [0.1, 0.15) is 5.56 Å². The molecule has 0 radical (unpaired) electrons. The third-order valence-corrected chi connectivity index (χ3v) is 5.03. The van der Waals surface area contributed by atoms with E-state index in [2.05, 4.69) is 21.4 Å². The molecule has 134 valence electrons. The van der Waals surface area contributed by atoms with Gasteiger partial charge in [0.15, 0.2) is 11.5 Å². The van der Waals surface area contributed by atoms with E-state index in [0.29, 0.717) is 28.3 Å². The predicted octanol–water partition coefficient (Wildman–Crippen LogP) is 3.77. The Balaban J connectivity index is 1.89. The second-order valence-electron chi connectivity index (χ2n) is 5.73. The van der Waals surface area contributed by atoms with Crippen LogP contribution in [0.15, 0.2) is 41.3 Å². The fraction of sp³-hybridized carbons (Fsp3) is 0.105. The Hall–Kier alpha value is -3.57. The van der Waals surface area contributed by atoms with Gasteiger partial charge in [0.2, 0.25) is 0 Å². The van der Waals surface area contributed by atoms with Crippen molar-refractivity contribution >= 4 is 43.8 Å². The first kappa shape index (κ1) is 16.9. The molecule has 0 aliphatic heterocycles. The number of rotatable bonds is 4. The summed E-state index contributed by atoms with van der Waals surface area (Å²) < 4.78 is 11.5. The zero-order valence-corrected chi connectivity index (χ0v) is 15.3. The molecular weight excluding hydrogens is 364 g/mol. The summed E-state index contributed by atoms with van der Waals surface area (Å²) in [6.45, 7) is 0. The summed E-state index contributed by atoms with van der Waals surface area (Å²) in [7, 11) is 3.12. The van der Waals surface area contributed by atoms with Crippen LogP contribution in [0, 0.1) is 11.3 Å². The molecule has 0 spiro atoms. The van der Waals surface area contributed by atoms with E-state index in [0.717, 1.165) is 32.6 Å². The van der Waals surface area contributed by atoms with Crippen molar-refractivity contribution in [3.8, 4) is 17.6 Å². The number of hydrogen-bond donors (Lipinski definition) is 2. The Morgan fingerprint density at radius 1 is 1.19 bits per heavy atom. The number of pyridine rings is 1. The Kier molecular flexibility index (Phi) is 4.14. The lowest BCUT2D eigenvalue weighted by Crippen LogP contribution is -1.98. The molecule has 0 amide bonds. The van der Waals surface area contributed by atoms with E-state index >= 15 is 0 Å². The van der Waals surface area contributed by atoms with E-state index in [1.165, 1.54) is 6.20 Å².